The lowest BCUT2D eigenvalue weighted by Crippen LogP contribution is -2.45. The van der Waals surface area contributed by atoms with Gasteiger partial charge in [0.2, 0.25) is 5.91 Å². The zero-order valence-electron chi connectivity index (χ0n) is 15.6. The van der Waals surface area contributed by atoms with E-state index in [1.165, 1.54) is 19.2 Å². The maximum Gasteiger partial charge on any atom is 0.226 e. The van der Waals surface area contributed by atoms with Crippen LogP contribution in [0.4, 0.5) is 0 Å². The van der Waals surface area contributed by atoms with Gasteiger partial charge >= 0.3 is 0 Å². The summed E-state index contributed by atoms with van der Waals surface area (Å²) < 4.78 is 30.3. The molecule has 0 spiro atoms. The van der Waals surface area contributed by atoms with Crippen molar-refractivity contribution in [2.75, 3.05) is 32.5 Å². The van der Waals surface area contributed by atoms with Gasteiger partial charge in [-0.05, 0) is 43.7 Å². The monoisotopic (exact) mass is 404 g/mol. The Balaban J connectivity index is 0.00000338. The Morgan fingerprint density at radius 2 is 2.00 bits per heavy atom. The van der Waals surface area contributed by atoms with Crippen LogP contribution in [0.2, 0.25) is 0 Å². The first-order valence-corrected chi connectivity index (χ1v) is 10.4. The highest BCUT2D eigenvalue weighted by atomic mass is 35.5. The summed E-state index contributed by atoms with van der Waals surface area (Å²) in [6, 6.07) is 6.45. The number of nitrogens with one attached hydrogen (secondary N) is 1. The second-order valence-electron chi connectivity index (χ2n) is 6.54. The number of rotatable bonds is 8. The van der Waals surface area contributed by atoms with Gasteiger partial charge in [-0.1, -0.05) is 13.8 Å². The van der Waals surface area contributed by atoms with Gasteiger partial charge in [0.25, 0.3) is 0 Å². The predicted molar refractivity (Wildman–Crippen MR) is 105 cm³/mol. The van der Waals surface area contributed by atoms with E-state index in [1.807, 2.05) is 11.8 Å². The van der Waals surface area contributed by atoms with Gasteiger partial charge in [-0.2, -0.15) is 0 Å². The summed E-state index contributed by atoms with van der Waals surface area (Å²) in [6.45, 7) is 6.08. The van der Waals surface area contributed by atoms with Crippen LogP contribution >= 0.6 is 12.4 Å². The molecule has 1 heterocycles. The van der Waals surface area contributed by atoms with Crippen molar-refractivity contribution in [3.63, 3.8) is 0 Å². The molecule has 1 saturated heterocycles. The molecule has 2 rings (SSSR count). The highest BCUT2D eigenvalue weighted by Crippen LogP contribution is 2.20. The van der Waals surface area contributed by atoms with Crippen LogP contribution in [0.3, 0.4) is 0 Å². The Morgan fingerprint density at radius 3 is 2.50 bits per heavy atom. The number of ether oxygens (including phenoxy) is 1. The molecule has 6 nitrogen and oxygen atoms in total. The van der Waals surface area contributed by atoms with Crippen LogP contribution in [-0.4, -0.2) is 57.8 Å². The van der Waals surface area contributed by atoms with E-state index in [0.717, 1.165) is 25.9 Å². The number of hydrogen-bond donors (Lipinski definition) is 1. The topological polar surface area (TPSA) is 75.7 Å². The third kappa shape index (κ3) is 5.59. The van der Waals surface area contributed by atoms with Gasteiger partial charge < -0.3 is 15.0 Å². The summed E-state index contributed by atoms with van der Waals surface area (Å²) in [5, 5.41) is 3.27. The van der Waals surface area contributed by atoms with Gasteiger partial charge in [0.1, 0.15) is 5.75 Å². The van der Waals surface area contributed by atoms with Crippen molar-refractivity contribution >= 4 is 28.2 Å². The lowest BCUT2D eigenvalue weighted by atomic mass is 10.1. The number of carbonyl (C=O) groups excluding carboxylic acids is 1. The van der Waals surface area contributed by atoms with Gasteiger partial charge in [-0.3, -0.25) is 4.79 Å². The molecule has 0 aliphatic carbocycles. The highest BCUT2D eigenvalue weighted by molar-refractivity contribution is 7.91. The largest absolute Gasteiger partial charge is 0.497 e. The predicted octanol–water partition coefficient (Wildman–Crippen LogP) is 2.13. The van der Waals surface area contributed by atoms with Crippen LogP contribution in [0.25, 0.3) is 0 Å². The number of carbonyl (C=O) groups is 1. The Bertz CT molecular complexity index is 673. The molecule has 0 aromatic heterocycles. The van der Waals surface area contributed by atoms with Crippen molar-refractivity contribution in [2.45, 2.75) is 37.6 Å². The summed E-state index contributed by atoms with van der Waals surface area (Å²) >= 11 is 0. The SMILES string of the molecule is CCCN(C(=O)C(C)CS(=O)(=O)c1ccc(OC)cc1)C1CCNC1.Cl. The molecule has 2 unspecified atom stereocenters. The van der Waals surface area contributed by atoms with E-state index in [0.29, 0.717) is 12.3 Å². The van der Waals surface area contributed by atoms with Crippen LogP contribution in [0.5, 0.6) is 5.75 Å². The lowest BCUT2D eigenvalue weighted by molar-refractivity contribution is -0.136. The number of benzene rings is 1. The fraction of sp³-hybridized carbons (Fsp3) is 0.611. The van der Waals surface area contributed by atoms with Crippen LogP contribution in [-0.2, 0) is 14.6 Å². The molecule has 1 amide bonds. The second kappa shape index (κ2) is 10.1. The molecular formula is C18H29ClN2O4S. The van der Waals surface area contributed by atoms with Gasteiger partial charge in [-0.25, -0.2) is 8.42 Å². The number of halogens is 1. The smallest absolute Gasteiger partial charge is 0.226 e. The molecule has 148 valence electrons. The molecule has 1 aliphatic rings. The van der Waals surface area contributed by atoms with E-state index in [1.54, 1.807) is 19.1 Å². The number of hydrogen-bond acceptors (Lipinski definition) is 5. The minimum absolute atomic E-state index is 0. The molecule has 0 radical (unpaired) electrons. The third-order valence-corrected chi connectivity index (χ3v) is 6.46. The number of nitrogens with zero attached hydrogens (tertiary/aromatic N) is 1. The van der Waals surface area contributed by atoms with Gasteiger partial charge in [0.15, 0.2) is 9.84 Å². The standard InChI is InChI=1S/C18H28N2O4S.ClH/c1-4-11-20(15-9-10-19-12-15)18(21)14(2)13-25(22,23)17-7-5-16(24-3)6-8-17;/h5-8,14-15,19H,4,9-13H2,1-3H3;1H. The van der Waals surface area contributed by atoms with Crippen LogP contribution in [0.1, 0.15) is 26.7 Å². The molecular weight excluding hydrogens is 376 g/mol. The first kappa shape index (κ1) is 22.7. The van der Waals surface area contributed by atoms with E-state index < -0.39 is 15.8 Å². The van der Waals surface area contributed by atoms with Crippen LogP contribution < -0.4 is 10.1 Å². The highest BCUT2D eigenvalue weighted by Gasteiger charge is 2.31. The van der Waals surface area contributed by atoms with Crippen molar-refractivity contribution in [3.05, 3.63) is 24.3 Å². The van der Waals surface area contributed by atoms with Crippen molar-refractivity contribution < 1.29 is 17.9 Å². The van der Waals surface area contributed by atoms with E-state index in [9.17, 15) is 13.2 Å². The zero-order chi connectivity index (χ0) is 18.4. The van der Waals surface area contributed by atoms with E-state index in [-0.39, 0.29) is 35.0 Å². The zero-order valence-corrected chi connectivity index (χ0v) is 17.2. The van der Waals surface area contributed by atoms with Crippen LogP contribution in [0, 0.1) is 5.92 Å². The fourth-order valence-corrected chi connectivity index (χ4v) is 4.73. The van der Waals surface area contributed by atoms with Crippen LogP contribution in [0.15, 0.2) is 29.2 Å². The summed E-state index contributed by atoms with van der Waals surface area (Å²) in [5.74, 6) is -0.226. The number of amides is 1. The van der Waals surface area contributed by atoms with E-state index in [2.05, 4.69) is 5.32 Å². The fourth-order valence-electron chi connectivity index (χ4n) is 3.18. The number of methoxy groups -OCH3 is 1. The van der Waals surface area contributed by atoms with Crippen molar-refractivity contribution in [3.8, 4) is 5.75 Å². The Labute approximate surface area is 162 Å². The van der Waals surface area contributed by atoms with Crippen molar-refractivity contribution in [1.29, 1.82) is 0 Å². The van der Waals surface area contributed by atoms with E-state index in [4.69, 9.17) is 4.74 Å². The summed E-state index contributed by atoms with van der Waals surface area (Å²) in [4.78, 5) is 14.9. The van der Waals surface area contributed by atoms with Crippen molar-refractivity contribution in [2.24, 2.45) is 5.92 Å². The first-order chi connectivity index (χ1) is 11.9. The van der Waals surface area contributed by atoms with Gasteiger partial charge in [0.05, 0.1) is 17.8 Å². The Kier molecular flexibility index (Phi) is 8.86. The second-order valence-corrected chi connectivity index (χ2v) is 8.57. The molecule has 0 bridgehead atoms. The van der Waals surface area contributed by atoms with Gasteiger partial charge in [-0.15, -0.1) is 12.4 Å². The average Bonchev–Trinajstić information content (AvgIpc) is 3.13. The maximum atomic E-state index is 12.8. The average molecular weight is 405 g/mol. The minimum Gasteiger partial charge on any atom is -0.497 e. The third-order valence-electron chi connectivity index (χ3n) is 4.53. The summed E-state index contributed by atoms with van der Waals surface area (Å²) in [6.07, 6.45) is 1.78. The van der Waals surface area contributed by atoms with Gasteiger partial charge in [0, 0.05) is 25.0 Å². The molecule has 2 atom stereocenters. The first-order valence-electron chi connectivity index (χ1n) is 8.77. The summed E-state index contributed by atoms with van der Waals surface area (Å²) in [5.41, 5.74) is 0. The molecule has 1 aromatic rings. The lowest BCUT2D eigenvalue weighted by Gasteiger charge is -2.30. The summed E-state index contributed by atoms with van der Waals surface area (Å²) in [7, 11) is -1.99. The number of sulfone groups is 1. The normalized spacial score (nSPS) is 18.0. The van der Waals surface area contributed by atoms with Crippen molar-refractivity contribution in [1.82, 2.24) is 10.2 Å². The quantitative estimate of drug-likeness (QED) is 0.718. The molecule has 0 saturated carbocycles. The molecule has 26 heavy (non-hydrogen) atoms. The maximum absolute atomic E-state index is 12.8. The molecule has 1 fully saturated rings. The molecule has 1 N–H and O–H groups in total. The van der Waals surface area contributed by atoms with E-state index >= 15 is 0 Å². The Morgan fingerprint density at radius 1 is 1.35 bits per heavy atom. The minimum atomic E-state index is -3.52. The Hall–Kier alpha value is -1.31. The molecule has 1 aliphatic heterocycles. The molecule has 1 aromatic carbocycles. The molecule has 8 heteroatoms.